The molecule has 3 heterocycles. The van der Waals surface area contributed by atoms with Gasteiger partial charge in [0.2, 0.25) is 5.95 Å². The van der Waals surface area contributed by atoms with Crippen LogP contribution in [0.25, 0.3) is 0 Å². The van der Waals surface area contributed by atoms with E-state index in [0.717, 1.165) is 17.7 Å². The highest BCUT2D eigenvalue weighted by molar-refractivity contribution is 5.78. The Kier molecular flexibility index (Phi) is 4.59. The minimum absolute atomic E-state index is 0.0153. The van der Waals surface area contributed by atoms with Crippen LogP contribution in [0.3, 0.4) is 0 Å². The molecule has 7 heteroatoms. The first-order valence-corrected chi connectivity index (χ1v) is 9.25. The number of hydrogen-bond donors (Lipinski definition) is 0. The zero-order valence-corrected chi connectivity index (χ0v) is 15.7. The Hall–Kier alpha value is -2.83. The van der Waals surface area contributed by atoms with Gasteiger partial charge in [-0.1, -0.05) is 12.1 Å². The van der Waals surface area contributed by atoms with E-state index in [2.05, 4.69) is 28.7 Å². The van der Waals surface area contributed by atoms with Crippen LogP contribution in [0, 0.1) is 0 Å². The van der Waals surface area contributed by atoms with Crippen LogP contribution in [0.1, 0.15) is 19.4 Å². The van der Waals surface area contributed by atoms with Gasteiger partial charge in [-0.2, -0.15) is 0 Å². The number of benzene rings is 1. The summed E-state index contributed by atoms with van der Waals surface area (Å²) in [6.07, 6.45) is 4.31. The molecule has 0 saturated carbocycles. The molecule has 1 aromatic carbocycles. The molecule has 1 aromatic heterocycles. The SMILES string of the molecule is CC1(C)Cc2cccc(OCC(=O)N3CCN(c4ncccn4)CC3)c2O1. The second kappa shape index (κ2) is 7.06. The zero-order valence-electron chi connectivity index (χ0n) is 15.7. The molecule has 27 heavy (non-hydrogen) atoms. The molecule has 2 aliphatic rings. The first kappa shape index (κ1) is 17.6. The summed E-state index contributed by atoms with van der Waals surface area (Å²) in [6.45, 7) is 6.83. The van der Waals surface area contributed by atoms with Crippen LogP contribution in [0.15, 0.2) is 36.7 Å². The van der Waals surface area contributed by atoms with Crippen molar-refractivity contribution in [3.05, 3.63) is 42.2 Å². The molecule has 142 valence electrons. The lowest BCUT2D eigenvalue weighted by Gasteiger charge is -2.34. The molecule has 4 rings (SSSR count). The van der Waals surface area contributed by atoms with Gasteiger partial charge in [-0.25, -0.2) is 9.97 Å². The van der Waals surface area contributed by atoms with Crippen LogP contribution in [0.2, 0.25) is 0 Å². The van der Waals surface area contributed by atoms with E-state index in [9.17, 15) is 4.79 Å². The van der Waals surface area contributed by atoms with Crippen molar-refractivity contribution < 1.29 is 14.3 Å². The lowest BCUT2D eigenvalue weighted by atomic mass is 10.0. The van der Waals surface area contributed by atoms with Crippen molar-refractivity contribution >= 4 is 11.9 Å². The van der Waals surface area contributed by atoms with Crippen molar-refractivity contribution in [2.75, 3.05) is 37.7 Å². The number of rotatable bonds is 4. The summed E-state index contributed by atoms with van der Waals surface area (Å²) in [5, 5.41) is 0. The summed E-state index contributed by atoms with van der Waals surface area (Å²) in [5.74, 6) is 2.10. The maximum Gasteiger partial charge on any atom is 0.260 e. The van der Waals surface area contributed by atoms with E-state index < -0.39 is 0 Å². The van der Waals surface area contributed by atoms with Crippen LogP contribution in [0.5, 0.6) is 11.5 Å². The van der Waals surface area contributed by atoms with E-state index in [1.54, 1.807) is 18.5 Å². The summed E-state index contributed by atoms with van der Waals surface area (Å²) >= 11 is 0. The molecule has 0 unspecified atom stereocenters. The first-order valence-electron chi connectivity index (χ1n) is 9.25. The van der Waals surface area contributed by atoms with Gasteiger partial charge in [0.25, 0.3) is 5.91 Å². The summed E-state index contributed by atoms with van der Waals surface area (Å²) in [6, 6.07) is 7.65. The largest absolute Gasteiger partial charge is 0.483 e. The fraction of sp³-hybridized carbons (Fsp3) is 0.450. The highest BCUT2D eigenvalue weighted by atomic mass is 16.5. The predicted molar refractivity (Wildman–Crippen MR) is 101 cm³/mol. The number of para-hydroxylation sites is 1. The predicted octanol–water partition coefficient (Wildman–Crippen LogP) is 1.92. The Bertz CT molecular complexity index is 817. The van der Waals surface area contributed by atoms with E-state index in [1.807, 2.05) is 23.1 Å². The topological polar surface area (TPSA) is 67.8 Å². The quantitative estimate of drug-likeness (QED) is 0.821. The van der Waals surface area contributed by atoms with Crippen molar-refractivity contribution in [2.24, 2.45) is 0 Å². The highest BCUT2D eigenvalue weighted by Gasteiger charge is 2.32. The fourth-order valence-corrected chi connectivity index (χ4v) is 3.54. The van der Waals surface area contributed by atoms with Gasteiger partial charge in [-0.05, 0) is 26.0 Å². The third-order valence-electron chi connectivity index (χ3n) is 4.87. The Balaban J connectivity index is 1.32. The second-order valence-electron chi connectivity index (χ2n) is 7.49. The molecule has 0 spiro atoms. The maximum atomic E-state index is 12.6. The third kappa shape index (κ3) is 3.82. The van der Waals surface area contributed by atoms with Gasteiger partial charge in [0.15, 0.2) is 18.1 Å². The smallest absolute Gasteiger partial charge is 0.260 e. The van der Waals surface area contributed by atoms with Gasteiger partial charge >= 0.3 is 0 Å². The second-order valence-corrected chi connectivity index (χ2v) is 7.49. The number of aromatic nitrogens is 2. The molecule has 0 aliphatic carbocycles. The Labute approximate surface area is 158 Å². The molecule has 0 radical (unpaired) electrons. The molecule has 0 atom stereocenters. The summed E-state index contributed by atoms with van der Waals surface area (Å²) in [5.41, 5.74) is 0.892. The lowest BCUT2D eigenvalue weighted by Crippen LogP contribution is -2.50. The molecule has 2 aromatic rings. The van der Waals surface area contributed by atoms with Gasteiger partial charge in [0.05, 0.1) is 0 Å². The number of amides is 1. The molecule has 1 amide bonds. The molecule has 0 bridgehead atoms. The van der Waals surface area contributed by atoms with Crippen molar-refractivity contribution in [3.63, 3.8) is 0 Å². The normalized spacial score (nSPS) is 18.0. The molecule has 7 nitrogen and oxygen atoms in total. The molecular weight excluding hydrogens is 344 g/mol. The standard InChI is InChI=1S/C20H24N4O3/c1-20(2)13-15-5-3-6-16(18(15)27-20)26-14-17(25)23-9-11-24(12-10-23)19-21-7-4-8-22-19/h3-8H,9-14H2,1-2H3. The Morgan fingerprint density at radius 3 is 2.63 bits per heavy atom. The number of ether oxygens (including phenoxy) is 2. The van der Waals surface area contributed by atoms with Gasteiger partial charge in [-0.3, -0.25) is 4.79 Å². The van der Waals surface area contributed by atoms with E-state index in [1.165, 1.54) is 0 Å². The minimum Gasteiger partial charge on any atom is -0.483 e. The van der Waals surface area contributed by atoms with Crippen LogP contribution in [-0.2, 0) is 11.2 Å². The van der Waals surface area contributed by atoms with E-state index in [4.69, 9.17) is 9.47 Å². The average Bonchev–Trinajstić information content (AvgIpc) is 3.01. The van der Waals surface area contributed by atoms with Gasteiger partial charge in [0, 0.05) is 50.6 Å². The van der Waals surface area contributed by atoms with E-state index in [0.29, 0.717) is 37.9 Å². The van der Waals surface area contributed by atoms with E-state index in [-0.39, 0.29) is 18.1 Å². The van der Waals surface area contributed by atoms with Crippen molar-refractivity contribution in [2.45, 2.75) is 25.9 Å². The first-order chi connectivity index (χ1) is 13.0. The van der Waals surface area contributed by atoms with Crippen LogP contribution in [0.4, 0.5) is 5.95 Å². The van der Waals surface area contributed by atoms with Crippen LogP contribution < -0.4 is 14.4 Å². The Morgan fingerprint density at radius 2 is 1.89 bits per heavy atom. The van der Waals surface area contributed by atoms with Gasteiger partial charge in [0.1, 0.15) is 5.60 Å². The molecule has 1 fully saturated rings. The number of carbonyl (C=O) groups excluding carboxylic acids is 1. The highest BCUT2D eigenvalue weighted by Crippen LogP contribution is 2.41. The number of carbonyl (C=O) groups is 1. The fourth-order valence-electron chi connectivity index (χ4n) is 3.54. The van der Waals surface area contributed by atoms with Crippen LogP contribution in [-0.4, -0.2) is 59.2 Å². The van der Waals surface area contributed by atoms with Gasteiger partial charge < -0.3 is 19.3 Å². The maximum absolute atomic E-state index is 12.6. The van der Waals surface area contributed by atoms with E-state index >= 15 is 0 Å². The summed E-state index contributed by atoms with van der Waals surface area (Å²) in [4.78, 5) is 25.0. The molecule has 1 saturated heterocycles. The zero-order chi connectivity index (χ0) is 18.9. The van der Waals surface area contributed by atoms with Crippen molar-refractivity contribution in [1.82, 2.24) is 14.9 Å². The summed E-state index contributed by atoms with van der Waals surface area (Å²) in [7, 11) is 0. The minimum atomic E-state index is -0.234. The number of anilines is 1. The number of fused-ring (bicyclic) bond motifs is 1. The molecular formula is C20H24N4O3. The van der Waals surface area contributed by atoms with Crippen molar-refractivity contribution in [3.8, 4) is 11.5 Å². The van der Waals surface area contributed by atoms with Gasteiger partial charge in [-0.15, -0.1) is 0 Å². The average molecular weight is 368 g/mol. The number of nitrogens with zero attached hydrogens (tertiary/aromatic N) is 4. The number of piperazine rings is 1. The lowest BCUT2D eigenvalue weighted by molar-refractivity contribution is -0.133. The van der Waals surface area contributed by atoms with Crippen LogP contribution >= 0.6 is 0 Å². The summed E-state index contributed by atoms with van der Waals surface area (Å²) < 4.78 is 11.8. The molecule has 0 N–H and O–H groups in total. The number of hydrogen-bond acceptors (Lipinski definition) is 6. The molecule has 2 aliphatic heterocycles. The monoisotopic (exact) mass is 368 g/mol. The Morgan fingerprint density at radius 1 is 1.15 bits per heavy atom. The van der Waals surface area contributed by atoms with Crippen molar-refractivity contribution in [1.29, 1.82) is 0 Å². The third-order valence-corrected chi connectivity index (χ3v) is 4.87.